The molecule has 9 nitrogen and oxygen atoms in total. The van der Waals surface area contributed by atoms with Crippen molar-refractivity contribution in [2.24, 2.45) is 0 Å². The van der Waals surface area contributed by atoms with Crippen LogP contribution in [0.25, 0.3) is 5.69 Å². The SMILES string of the molecule is CCCCOC(=O)c1ccc(NC(=O)Cn2nnn(-c3ccccc3)c2=O)cc1. The van der Waals surface area contributed by atoms with Gasteiger partial charge in [-0.3, -0.25) is 4.79 Å². The van der Waals surface area contributed by atoms with Gasteiger partial charge in [0, 0.05) is 5.69 Å². The summed E-state index contributed by atoms with van der Waals surface area (Å²) in [6, 6.07) is 15.1. The number of para-hydroxylation sites is 1. The van der Waals surface area contributed by atoms with Crippen molar-refractivity contribution in [3.8, 4) is 5.69 Å². The lowest BCUT2D eigenvalue weighted by atomic mass is 10.2. The molecule has 0 aliphatic rings. The van der Waals surface area contributed by atoms with Gasteiger partial charge in [-0.15, -0.1) is 0 Å². The van der Waals surface area contributed by atoms with Gasteiger partial charge in [-0.25, -0.2) is 9.59 Å². The Labute approximate surface area is 166 Å². The highest BCUT2D eigenvalue weighted by molar-refractivity contribution is 5.92. The number of amides is 1. The number of tetrazole rings is 1. The summed E-state index contributed by atoms with van der Waals surface area (Å²) in [7, 11) is 0. The molecule has 1 N–H and O–H groups in total. The molecule has 150 valence electrons. The van der Waals surface area contributed by atoms with Crippen LogP contribution in [0, 0.1) is 0 Å². The lowest BCUT2D eigenvalue weighted by Gasteiger charge is -2.07. The summed E-state index contributed by atoms with van der Waals surface area (Å²) in [6.07, 6.45) is 1.76. The number of nitrogens with one attached hydrogen (secondary N) is 1. The zero-order valence-electron chi connectivity index (χ0n) is 15.9. The minimum absolute atomic E-state index is 0.285. The number of hydrogen-bond acceptors (Lipinski definition) is 6. The van der Waals surface area contributed by atoms with Gasteiger partial charge in [0.15, 0.2) is 0 Å². The van der Waals surface area contributed by atoms with E-state index >= 15 is 0 Å². The number of nitrogens with zero attached hydrogens (tertiary/aromatic N) is 4. The molecule has 0 atom stereocenters. The van der Waals surface area contributed by atoms with E-state index in [1.807, 2.05) is 13.0 Å². The van der Waals surface area contributed by atoms with Gasteiger partial charge in [-0.2, -0.15) is 9.36 Å². The van der Waals surface area contributed by atoms with E-state index in [0.717, 1.165) is 22.2 Å². The van der Waals surface area contributed by atoms with Crippen LogP contribution >= 0.6 is 0 Å². The number of hydrogen-bond donors (Lipinski definition) is 1. The fourth-order valence-electron chi connectivity index (χ4n) is 2.52. The van der Waals surface area contributed by atoms with Crippen LogP contribution in [0.4, 0.5) is 5.69 Å². The van der Waals surface area contributed by atoms with Gasteiger partial charge in [0.2, 0.25) is 5.91 Å². The van der Waals surface area contributed by atoms with Gasteiger partial charge < -0.3 is 10.1 Å². The molecular formula is C20H21N5O4. The van der Waals surface area contributed by atoms with Crippen LogP contribution in [0.5, 0.6) is 0 Å². The van der Waals surface area contributed by atoms with Crippen molar-refractivity contribution in [2.75, 3.05) is 11.9 Å². The molecule has 2 aromatic carbocycles. The second kappa shape index (κ2) is 9.45. The minimum Gasteiger partial charge on any atom is -0.462 e. The summed E-state index contributed by atoms with van der Waals surface area (Å²) in [5.74, 6) is -0.842. The van der Waals surface area contributed by atoms with Crippen LogP contribution in [-0.4, -0.2) is 38.3 Å². The van der Waals surface area contributed by atoms with E-state index in [2.05, 4.69) is 15.7 Å². The van der Waals surface area contributed by atoms with Crippen molar-refractivity contribution in [1.82, 2.24) is 19.8 Å². The van der Waals surface area contributed by atoms with E-state index in [4.69, 9.17) is 4.74 Å². The molecule has 0 fully saturated rings. The minimum atomic E-state index is -0.517. The number of benzene rings is 2. The first-order valence-corrected chi connectivity index (χ1v) is 9.23. The summed E-state index contributed by atoms with van der Waals surface area (Å²) < 4.78 is 7.23. The molecule has 1 amide bonds. The van der Waals surface area contributed by atoms with Gasteiger partial charge >= 0.3 is 11.7 Å². The van der Waals surface area contributed by atoms with Crippen LogP contribution in [0.15, 0.2) is 59.4 Å². The van der Waals surface area contributed by atoms with Crippen LogP contribution < -0.4 is 11.0 Å². The number of carbonyl (C=O) groups is 2. The number of aromatic nitrogens is 4. The second-order valence-corrected chi connectivity index (χ2v) is 6.28. The Balaban J connectivity index is 1.59. The van der Waals surface area contributed by atoms with Gasteiger partial charge in [0.05, 0.1) is 17.9 Å². The van der Waals surface area contributed by atoms with Crippen LogP contribution in [0.3, 0.4) is 0 Å². The zero-order valence-corrected chi connectivity index (χ0v) is 15.9. The molecule has 0 saturated carbocycles. The predicted octanol–water partition coefficient (Wildman–Crippen LogP) is 2.02. The molecule has 1 aromatic heterocycles. The van der Waals surface area contributed by atoms with E-state index in [1.54, 1.807) is 48.5 Å². The normalized spacial score (nSPS) is 10.5. The molecule has 0 saturated heterocycles. The Hall–Kier alpha value is -3.75. The number of unbranched alkanes of at least 4 members (excludes halogenated alkanes) is 1. The summed E-state index contributed by atoms with van der Waals surface area (Å²) in [5.41, 5.74) is 0.937. The Bertz CT molecular complexity index is 1030. The van der Waals surface area contributed by atoms with Crippen molar-refractivity contribution in [3.05, 3.63) is 70.6 Å². The van der Waals surface area contributed by atoms with E-state index in [1.165, 1.54) is 0 Å². The largest absolute Gasteiger partial charge is 0.462 e. The summed E-state index contributed by atoms with van der Waals surface area (Å²) in [6.45, 7) is 2.11. The molecule has 9 heteroatoms. The molecule has 0 aliphatic heterocycles. The maximum Gasteiger partial charge on any atom is 0.368 e. The molecule has 3 rings (SSSR count). The molecule has 0 aliphatic carbocycles. The highest BCUT2D eigenvalue weighted by Crippen LogP contribution is 2.11. The van der Waals surface area contributed by atoms with Crippen LogP contribution in [-0.2, 0) is 16.1 Å². The molecule has 0 spiro atoms. The number of ether oxygens (including phenoxy) is 1. The Morgan fingerprint density at radius 3 is 2.45 bits per heavy atom. The number of esters is 1. The smallest absolute Gasteiger partial charge is 0.368 e. The molecule has 29 heavy (non-hydrogen) atoms. The third kappa shape index (κ3) is 5.16. The van der Waals surface area contributed by atoms with Crippen molar-refractivity contribution in [2.45, 2.75) is 26.3 Å². The van der Waals surface area contributed by atoms with Crippen molar-refractivity contribution in [1.29, 1.82) is 0 Å². The topological polar surface area (TPSA) is 108 Å². The summed E-state index contributed by atoms with van der Waals surface area (Å²) in [4.78, 5) is 36.5. The van der Waals surface area contributed by atoms with E-state index in [-0.39, 0.29) is 6.54 Å². The maximum atomic E-state index is 12.4. The van der Waals surface area contributed by atoms with E-state index in [0.29, 0.717) is 23.5 Å². The maximum absolute atomic E-state index is 12.4. The first-order valence-electron chi connectivity index (χ1n) is 9.23. The van der Waals surface area contributed by atoms with Crippen molar-refractivity contribution < 1.29 is 14.3 Å². The number of rotatable bonds is 8. The number of carbonyl (C=O) groups excluding carboxylic acids is 2. The quantitative estimate of drug-likeness (QED) is 0.462. The third-order valence-electron chi connectivity index (χ3n) is 4.07. The Morgan fingerprint density at radius 2 is 1.76 bits per heavy atom. The fraction of sp³-hybridized carbons (Fsp3) is 0.250. The monoisotopic (exact) mass is 395 g/mol. The average molecular weight is 395 g/mol. The van der Waals surface area contributed by atoms with E-state index in [9.17, 15) is 14.4 Å². The number of anilines is 1. The zero-order chi connectivity index (χ0) is 20.6. The Kier molecular flexibility index (Phi) is 6.51. The van der Waals surface area contributed by atoms with Gasteiger partial charge in [-0.1, -0.05) is 31.5 Å². The molecular weight excluding hydrogens is 374 g/mol. The second-order valence-electron chi connectivity index (χ2n) is 6.28. The highest BCUT2D eigenvalue weighted by Gasteiger charge is 2.13. The van der Waals surface area contributed by atoms with Crippen molar-refractivity contribution in [3.63, 3.8) is 0 Å². The fourth-order valence-corrected chi connectivity index (χ4v) is 2.52. The lowest BCUT2D eigenvalue weighted by molar-refractivity contribution is -0.117. The highest BCUT2D eigenvalue weighted by atomic mass is 16.5. The van der Waals surface area contributed by atoms with Gasteiger partial charge in [0.1, 0.15) is 6.54 Å². The molecule has 1 heterocycles. The van der Waals surface area contributed by atoms with E-state index < -0.39 is 17.6 Å². The standard InChI is InChI=1S/C20H21N5O4/c1-2-3-13-29-19(27)15-9-11-16(12-10-15)21-18(26)14-24-20(28)25(23-22-24)17-7-5-4-6-8-17/h4-12H,2-3,13-14H2,1H3,(H,21,26). The van der Waals surface area contributed by atoms with Crippen molar-refractivity contribution >= 4 is 17.6 Å². The summed E-state index contributed by atoms with van der Waals surface area (Å²) in [5, 5.41) is 10.2. The Morgan fingerprint density at radius 1 is 1.03 bits per heavy atom. The average Bonchev–Trinajstić information content (AvgIpc) is 3.09. The molecule has 0 bridgehead atoms. The van der Waals surface area contributed by atoms with Crippen LogP contribution in [0.1, 0.15) is 30.1 Å². The lowest BCUT2D eigenvalue weighted by Crippen LogP contribution is -2.29. The first-order chi connectivity index (χ1) is 14.1. The van der Waals surface area contributed by atoms with Crippen LogP contribution in [0.2, 0.25) is 0 Å². The molecule has 0 radical (unpaired) electrons. The first kappa shape index (κ1) is 20.0. The summed E-state index contributed by atoms with van der Waals surface area (Å²) >= 11 is 0. The van der Waals surface area contributed by atoms with Gasteiger partial charge in [-0.05, 0) is 53.2 Å². The van der Waals surface area contributed by atoms with Gasteiger partial charge in [0.25, 0.3) is 0 Å². The molecule has 3 aromatic rings. The predicted molar refractivity (Wildman–Crippen MR) is 106 cm³/mol. The molecule has 0 unspecified atom stereocenters. The third-order valence-corrected chi connectivity index (χ3v) is 4.07.